The highest BCUT2D eigenvalue weighted by Crippen LogP contribution is 2.03. The Morgan fingerprint density at radius 3 is 2.47 bits per heavy atom. The Bertz CT molecular complexity index is 277. The second kappa shape index (κ2) is 8.85. The van der Waals surface area contributed by atoms with Gasteiger partial charge in [-0.05, 0) is 32.6 Å². The molecule has 2 N–H and O–H groups in total. The van der Waals surface area contributed by atoms with Crippen LogP contribution in [0.3, 0.4) is 0 Å². The van der Waals surface area contributed by atoms with E-state index in [-0.39, 0.29) is 31.0 Å². The summed E-state index contributed by atoms with van der Waals surface area (Å²) < 4.78 is 30.7. The molecule has 0 saturated carbocycles. The van der Waals surface area contributed by atoms with E-state index in [0.717, 1.165) is 12.8 Å². The van der Waals surface area contributed by atoms with Crippen LogP contribution in [0.2, 0.25) is 0 Å². The molecule has 0 saturated heterocycles. The molecule has 1 unspecified atom stereocenters. The van der Waals surface area contributed by atoms with Crippen LogP contribution in [-0.4, -0.2) is 45.1 Å². The number of aliphatic hydroxyl groups is 1. The minimum Gasteiger partial charge on any atom is -0.396 e. The predicted octanol–water partition coefficient (Wildman–Crippen LogP) is 0.739. The first-order valence-electron chi connectivity index (χ1n) is 6.07. The molecule has 0 amide bonds. The van der Waals surface area contributed by atoms with Crippen molar-refractivity contribution in [3.8, 4) is 0 Å². The quantitative estimate of drug-likeness (QED) is 0.572. The predicted molar refractivity (Wildman–Crippen MR) is 68.4 cm³/mol. The minimum atomic E-state index is -3.22. The van der Waals surface area contributed by atoms with E-state index in [2.05, 4.69) is 4.72 Å². The summed E-state index contributed by atoms with van der Waals surface area (Å²) in [5, 5.41) is 8.81. The zero-order valence-electron chi connectivity index (χ0n) is 11.0. The number of aliphatic hydroxyl groups excluding tert-OH is 1. The Labute approximate surface area is 105 Å². The zero-order chi connectivity index (χ0) is 13.3. The molecule has 0 aliphatic carbocycles. The smallest absolute Gasteiger partial charge is 0.213 e. The van der Waals surface area contributed by atoms with Crippen LogP contribution in [0.1, 0.15) is 33.6 Å². The monoisotopic (exact) mass is 267 g/mol. The Kier molecular flexibility index (Phi) is 8.77. The molecule has 0 rings (SSSR count). The first kappa shape index (κ1) is 16.8. The number of nitrogens with one attached hydrogen (secondary N) is 1. The maximum Gasteiger partial charge on any atom is 0.213 e. The molecule has 104 valence electrons. The summed E-state index contributed by atoms with van der Waals surface area (Å²) >= 11 is 0. The van der Waals surface area contributed by atoms with Gasteiger partial charge in [-0.3, -0.25) is 0 Å². The second-order valence-corrected chi connectivity index (χ2v) is 6.49. The van der Waals surface area contributed by atoms with Crippen molar-refractivity contribution in [3.63, 3.8) is 0 Å². The van der Waals surface area contributed by atoms with Crippen molar-refractivity contribution in [2.75, 3.05) is 25.5 Å². The van der Waals surface area contributed by atoms with Crippen LogP contribution in [-0.2, 0) is 14.8 Å². The third-order valence-electron chi connectivity index (χ3n) is 2.31. The van der Waals surface area contributed by atoms with Crippen molar-refractivity contribution in [2.24, 2.45) is 5.92 Å². The molecule has 0 aliphatic rings. The van der Waals surface area contributed by atoms with Gasteiger partial charge in [0, 0.05) is 13.2 Å². The van der Waals surface area contributed by atoms with Crippen molar-refractivity contribution < 1.29 is 18.3 Å². The van der Waals surface area contributed by atoms with Crippen molar-refractivity contribution >= 4 is 10.0 Å². The van der Waals surface area contributed by atoms with E-state index in [1.807, 2.05) is 20.8 Å². The van der Waals surface area contributed by atoms with E-state index < -0.39 is 10.0 Å². The summed E-state index contributed by atoms with van der Waals surface area (Å²) in [4.78, 5) is 0. The molecule has 1 atom stereocenters. The Balaban J connectivity index is 3.64. The standard InChI is InChI=1S/C11H25NO4S/c1-10(2)16-7-8-17(14,15)12-6-4-5-11(3)9-13/h10-13H,4-9H2,1-3H3. The highest BCUT2D eigenvalue weighted by atomic mass is 32.2. The highest BCUT2D eigenvalue weighted by Gasteiger charge is 2.10. The van der Waals surface area contributed by atoms with E-state index >= 15 is 0 Å². The maximum atomic E-state index is 11.5. The number of hydrogen-bond donors (Lipinski definition) is 2. The zero-order valence-corrected chi connectivity index (χ0v) is 11.8. The van der Waals surface area contributed by atoms with Gasteiger partial charge in [0.1, 0.15) is 0 Å². The van der Waals surface area contributed by atoms with Crippen molar-refractivity contribution in [1.29, 1.82) is 0 Å². The van der Waals surface area contributed by atoms with Gasteiger partial charge in [0.15, 0.2) is 0 Å². The fourth-order valence-electron chi connectivity index (χ4n) is 1.24. The molecule has 5 nitrogen and oxygen atoms in total. The molecule has 17 heavy (non-hydrogen) atoms. The van der Waals surface area contributed by atoms with Gasteiger partial charge in [-0.2, -0.15) is 0 Å². The molecule has 0 fully saturated rings. The van der Waals surface area contributed by atoms with E-state index in [4.69, 9.17) is 9.84 Å². The lowest BCUT2D eigenvalue weighted by molar-refractivity contribution is 0.0911. The van der Waals surface area contributed by atoms with Crippen molar-refractivity contribution in [2.45, 2.75) is 39.7 Å². The van der Waals surface area contributed by atoms with Crippen LogP contribution in [0.25, 0.3) is 0 Å². The van der Waals surface area contributed by atoms with Crippen LogP contribution in [0.15, 0.2) is 0 Å². The van der Waals surface area contributed by atoms with Gasteiger partial charge in [-0.1, -0.05) is 6.92 Å². The van der Waals surface area contributed by atoms with Gasteiger partial charge in [-0.25, -0.2) is 13.1 Å². The minimum absolute atomic E-state index is 0.000728. The lowest BCUT2D eigenvalue weighted by atomic mass is 10.1. The van der Waals surface area contributed by atoms with Crippen LogP contribution in [0.4, 0.5) is 0 Å². The summed E-state index contributed by atoms with van der Waals surface area (Å²) in [6, 6.07) is 0. The lowest BCUT2D eigenvalue weighted by Crippen LogP contribution is -2.30. The number of hydrogen-bond acceptors (Lipinski definition) is 4. The normalized spacial score (nSPS) is 14.2. The second-order valence-electron chi connectivity index (χ2n) is 4.56. The Morgan fingerprint density at radius 2 is 1.94 bits per heavy atom. The molecule has 0 radical (unpaired) electrons. The summed E-state index contributed by atoms with van der Waals surface area (Å²) in [5.74, 6) is 0.226. The van der Waals surface area contributed by atoms with Crippen molar-refractivity contribution in [1.82, 2.24) is 4.72 Å². The van der Waals surface area contributed by atoms with Gasteiger partial charge in [0.2, 0.25) is 10.0 Å². The van der Waals surface area contributed by atoms with E-state index in [0.29, 0.717) is 6.54 Å². The number of ether oxygens (including phenoxy) is 1. The summed E-state index contributed by atoms with van der Waals surface area (Å²) in [7, 11) is -3.22. The molecule has 0 aromatic heterocycles. The molecule has 0 bridgehead atoms. The van der Waals surface area contributed by atoms with Gasteiger partial charge in [-0.15, -0.1) is 0 Å². The van der Waals surface area contributed by atoms with Gasteiger partial charge in [0.05, 0.1) is 18.5 Å². The van der Waals surface area contributed by atoms with Crippen LogP contribution < -0.4 is 4.72 Å². The SMILES string of the molecule is CC(CO)CCCNS(=O)(=O)CCOC(C)C. The number of sulfonamides is 1. The van der Waals surface area contributed by atoms with Gasteiger partial charge < -0.3 is 9.84 Å². The largest absolute Gasteiger partial charge is 0.396 e. The van der Waals surface area contributed by atoms with Gasteiger partial charge >= 0.3 is 0 Å². The van der Waals surface area contributed by atoms with Gasteiger partial charge in [0.25, 0.3) is 0 Å². The van der Waals surface area contributed by atoms with Crippen LogP contribution in [0.5, 0.6) is 0 Å². The molecule has 0 aromatic carbocycles. The third-order valence-corrected chi connectivity index (χ3v) is 3.66. The average Bonchev–Trinajstić information content (AvgIpc) is 2.23. The summed E-state index contributed by atoms with van der Waals surface area (Å²) in [5.41, 5.74) is 0. The first-order chi connectivity index (χ1) is 7.87. The number of rotatable bonds is 10. The fourth-order valence-corrected chi connectivity index (χ4v) is 2.15. The summed E-state index contributed by atoms with van der Waals surface area (Å²) in [6.45, 7) is 6.47. The molecule has 0 aliphatic heterocycles. The average molecular weight is 267 g/mol. The maximum absolute atomic E-state index is 11.5. The van der Waals surface area contributed by atoms with Crippen LogP contribution >= 0.6 is 0 Å². The Morgan fingerprint density at radius 1 is 1.29 bits per heavy atom. The fraction of sp³-hybridized carbons (Fsp3) is 1.00. The topological polar surface area (TPSA) is 75.6 Å². The van der Waals surface area contributed by atoms with Crippen LogP contribution in [0, 0.1) is 5.92 Å². The highest BCUT2D eigenvalue weighted by molar-refractivity contribution is 7.89. The summed E-state index contributed by atoms with van der Waals surface area (Å²) in [6.07, 6.45) is 1.61. The lowest BCUT2D eigenvalue weighted by Gasteiger charge is -2.10. The molecule has 0 aromatic rings. The van der Waals surface area contributed by atoms with E-state index in [1.54, 1.807) is 0 Å². The van der Waals surface area contributed by atoms with Crippen molar-refractivity contribution in [3.05, 3.63) is 0 Å². The third kappa shape index (κ3) is 10.7. The van der Waals surface area contributed by atoms with E-state index in [1.165, 1.54) is 0 Å². The molecular formula is C11H25NO4S. The Hall–Kier alpha value is -0.170. The van der Waals surface area contributed by atoms with E-state index in [9.17, 15) is 8.42 Å². The first-order valence-corrected chi connectivity index (χ1v) is 7.72. The molecular weight excluding hydrogens is 242 g/mol. The molecule has 6 heteroatoms. The molecule has 0 heterocycles. The molecule has 0 spiro atoms.